The van der Waals surface area contributed by atoms with Crippen LogP contribution >= 0.6 is 0 Å². The molecule has 0 saturated carbocycles. The van der Waals surface area contributed by atoms with Crippen LogP contribution in [0.5, 0.6) is 0 Å². The van der Waals surface area contributed by atoms with E-state index < -0.39 is 0 Å². The van der Waals surface area contributed by atoms with Gasteiger partial charge in [-0.1, -0.05) is 6.92 Å². The van der Waals surface area contributed by atoms with Gasteiger partial charge in [-0.15, -0.1) is 0 Å². The van der Waals surface area contributed by atoms with Crippen molar-refractivity contribution in [1.82, 2.24) is 5.48 Å². The zero-order chi connectivity index (χ0) is 10.3. The summed E-state index contributed by atoms with van der Waals surface area (Å²) < 4.78 is 5.02. The molecular weight excluding hydrogens is 170 g/mol. The highest BCUT2D eigenvalue weighted by Gasteiger charge is 2.12. The number of carbonyl (C=O) groups is 1. The molecule has 0 heterocycles. The largest absolute Gasteiger partial charge is 0.372 e. The minimum atomic E-state index is -0.361. The first-order valence-corrected chi connectivity index (χ1v) is 4.50. The zero-order valence-corrected chi connectivity index (χ0v) is 8.85. The molecule has 0 aromatic rings. The molecule has 4 nitrogen and oxygen atoms in total. The predicted octanol–water partition coefficient (Wildman–Crippen LogP) is 1.26. The smallest absolute Gasteiger partial charge is 0.269 e. The molecule has 78 valence electrons. The van der Waals surface area contributed by atoms with Crippen LogP contribution in [0, 0.1) is 0 Å². The Bertz CT molecular complexity index is 151. The van der Waals surface area contributed by atoms with Crippen molar-refractivity contribution in [1.29, 1.82) is 0 Å². The molecule has 0 aromatic carbocycles. The first kappa shape index (κ1) is 12.4. The fourth-order valence-electron chi connectivity index (χ4n) is 0.549. The van der Waals surface area contributed by atoms with Crippen LogP contribution in [0.3, 0.4) is 0 Å². The normalized spacial score (nSPS) is 11.4. The summed E-state index contributed by atoms with van der Waals surface area (Å²) in [7, 11) is 0. The first-order valence-electron chi connectivity index (χ1n) is 4.50. The third kappa shape index (κ3) is 9.30. The number of carbonyl (C=O) groups excluding carboxylic acids is 1. The van der Waals surface area contributed by atoms with E-state index in [1.54, 1.807) is 0 Å². The van der Waals surface area contributed by atoms with Crippen molar-refractivity contribution in [3.8, 4) is 0 Å². The highest BCUT2D eigenvalue weighted by molar-refractivity contribution is 5.76. The summed E-state index contributed by atoms with van der Waals surface area (Å²) in [4.78, 5) is 16.0. The number of hydroxylamine groups is 1. The number of hydrogen-bond acceptors (Lipinski definition) is 3. The lowest BCUT2D eigenvalue weighted by molar-refractivity contribution is -0.150. The molecular formula is C9H19NO3. The zero-order valence-electron chi connectivity index (χ0n) is 8.85. The number of nitrogens with one attached hydrogen (secondary N) is 1. The summed E-state index contributed by atoms with van der Waals surface area (Å²) in [6.45, 7) is 8.23. The van der Waals surface area contributed by atoms with E-state index >= 15 is 0 Å². The summed E-state index contributed by atoms with van der Waals surface area (Å²) in [6, 6.07) is 0. The molecule has 0 aliphatic carbocycles. The number of amides is 1. The number of rotatable bonds is 5. The molecule has 1 amide bonds. The van der Waals surface area contributed by atoms with Gasteiger partial charge in [0.05, 0.1) is 5.60 Å². The second kappa shape index (κ2) is 5.94. The van der Waals surface area contributed by atoms with Gasteiger partial charge in [0.25, 0.3) is 5.91 Å². The van der Waals surface area contributed by atoms with Crippen molar-refractivity contribution in [2.45, 2.75) is 39.7 Å². The van der Waals surface area contributed by atoms with Crippen molar-refractivity contribution in [2.75, 3.05) is 13.2 Å². The third-order valence-corrected chi connectivity index (χ3v) is 1.05. The van der Waals surface area contributed by atoms with Gasteiger partial charge in [-0.2, -0.15) is 0 Å². The molecule has 0 fully saturated rings. The Morgan fingerprint density at radius 3 is 2.46 bits per heavy atom. The summed E-state index contributed by atoms with van der Waals surface area (Å²) in [6.07, 6.45) is 0.910. The van der Waals surface area contributed by atoms with Crippen LogP contribution in [0.25, 0.3) is 0 Å². The summed E-state index contributed by atoms with van der Waals surface area (Å²) in [5, 5.41) is 0. The molecule has 0 saturated heterocycles. The molecule has 0 aromatic heterocycles. The molecule has 0 spiro atoms. The Labute approximate surface area is 79.6 Å². The van der Waals surface area contributed by atoms with Gasteiger partial charge >= 0.3 is 0 Å². The quantitative estimate of drug-likeness (QED) is 0.523. The molecule has 13 heavy (non-hydrogen) atoms. The maximum Gasteiger partial charge on any atom is 0.269 e. The fraction of sp³-hybridized carbons (Fsp3) is 0.889. The highest BCUT2D eigenvalue weighted by Crippen LogP contribution is 2.03. The van der Waals surface area contributed by atoms with E-state index in [1.807, 2.05) is 27.7 Å². The Morgan fingerprint density at radius 1 is 1.38 bits per heavy atom. The fourth-order valence-corrected chi connectivity index (χ4v) is 0.549. The van der Waals surface area contributed by atoms with Crippen molar-refractivity contribution in [3.63, 3.8) is 0 Å². The predicted molar refractivity (Wildman–Crippen MR) is 50.1 cm³/mol. The van der Waals surface area contributed by atoms with Gasteiger partial charge in [0.1, 0.15) is 6.61 Å². The first-order chi connectivity index (χ1) is 5.95. The van der Waals surface area contributed by atoms with Gasteiger partial charge in [0, 0.05) is 6.61 Å². The Morgan fingerprint density at radius 2 is 2.00 bits per heavy atom. The van der Waals surface area contributed by atoms with Gasteiger partial charge in [-0.25, -0.2) is 5.48 Å². The SMILES string of the molecule is CCCOCC(=O)NOC(C)(C)C. The van der Waals surface area contributed by atoms with Crippen LogP contribution in [-0.4, -0.2) is 24.7 Å². The average molecular weight is 189 g/mol. The Balaban J connectivity index is 3.41. The molecule has 0 radical (unpaired) electrons. The van der Waals surface area contributed by atoms with E-state index in [1.165, 1.54) is 0 Å². The molecule has 0 aliphatic rings. The molecule has 4 heteroatoms. The third-order valence-electron chi connectivity index (χ3n) is 1.05. The van der Waals surface area contributed by atoms with Crippen molar-refractivity contribution < 1.29 is 14.4 Å². The Hall–Kier alpha value is -0.610. The topological polar surface area (TPSA) is 47.6 Å². The lowest BCUT2D eigenvalue weighted by Crippen LogP contribution is -2.35. The second-order valence-corrected chi connectivity index (χ2v) is 3.79. The van der Waals surface area contributed by atoms with E-state index in [-0.39, 0.29) is 18.1 Å². The second-order valence-electron chi connectivity index (χ2n) is 3.79. The van der Waals surface area contributed by atoms with Crippen LogP contribution in [-0.2, 0) is 14.4 Å². The molecule has 0 rings (SSSR count). The Kier molecular flexibility index (Phi) is 5.66. The molecule has 0 atom stereocenters. The highest BCUT2D eigenvalue weighted by atomic mass is 16.7. The van der Waals surface area contributed by atoms with E-state index in [4.69, 9.17) is 9.57 Å². The van der Waals surface area contributed by atoms with Gasteiger partial charge < -0.3 is 4.74 Å². The van der Waals surface area contributed by atoms with E-state index in [0.29, 0.717) is 6.61 Å². The molecule has 0 bridgehead atoms. The van der Waals surface area contributed by atoms with Crippen LogP contribution in [0.1, 0.15) is 34.1 Å². The average Bonchev–Trinajstić information content (AvgIpc) is 2.00. The minimum Gasteiger partial charge on any atom is -0.372 e. The number of ether oxygens (including phenoxy) is 1. The van der Waals surface area contributed by atoms with Crippen LogP contribution < -0.4 is 5.48 Å². The summed E-state index contributed by atoms with van der Waals surface area (Å²) in [5.74, 6) is -0.247. The monoisotopic (exact) mass is 189 g/mol. The van der Waals surface area contributed by atoms with E-state index in [9.17, 15) is 4.79 Å². The van der Waals surface area contributed by atoms with Crippen molar-refractivity contribution in [2.24, 2.45) is 0 Å². The van der Waals surface area contributed by atoms with Gasteiger partial charge in [0.2, 0.25) is 0 Å². The summed E-state index contributed by atoms with van der Waals surface area (Å²) in [5.41, 5.74) is 1.96. The molecule has 0 aliphatic heterocycles. The van der Waals surface area contributed by atoms with Gasteiger partial charge in [0.15, 0.2) is 0 Å². The van der Waals surface area contributed by atoms with Gasteiger partial charge in [-0.3, -0.25) is 9.63 Å². The summed E-state index contributed by atoms with van der Waals surface area (Å²) >= 11 is 0. The van der Waals surface area contributed by atoms with Crippen molar-refractivity contribution in [3.05, 3.63) is 0 Å². The lowest BCUT2D eigenvalue weighted by Gasteiger charge is -2.18. The van der Waals surface area contributed by atoms with Gasteiger partial charge in [-0.05, 0) is 27.2 Å². The molecule has 1 N–H and O–H groups in total. The van der Waals surface area contributed by atoms with E-state index in [0.717, 1.165) is 6.42 Å². The maximum absolute atomic E-state index is 11.0. The maximum atomic E-state index is 11.0. The van der Waals surface area contributed by atoms with Crippen LogP contribution in [0.15, 0.2) is 0 Å². The van der Waals surface area contributed by atoms with E-state index in [2.05, 4.69) is 5.48 Å². The number of hydrogen-bond donors (Lipinski definition) is 1. The minimum absolute atomic E-state index is 0.0594. The van der Waals surface area contributed by atoms with Crippen molar-refractivity contribution >= 4 is 5.91 Å². The van der Waals surface area contributed by atoms with Crippen LogP contribution in [0.2, 0.25) is 0 Å². The lowest BCUT2D eigenvalue weighted by atomic mass is 10.2. The molecule has 0 unspecified atom stereocenters. The van der Waals surface area contributed by atoms with Crippen LogP contribution in [0.4, 0.5) is 0 Å². The standard InChI is InChI=1S/C9H19NO3/c1-5-6-12-7-8(11)10-13-9(2,3)4/h5-7H2,1-4H3,(H,10,11).